The minimum atomic E-state index is -1.18. The van der Waals surface area contributed by atoms with Crippen molar-refractivity contribution in [2.24, 2.45) is 0 Å². The van der Waals surface area contributed by atoms with Gasteiger partial charge < -0.3 is 0 Å². The molecule has 0 fully saturated rings. The molecule has 4 heteroatoms. The summed E-state index contributed by atoms with van der Waals surface area (Å²) in [6, 6.07) is 2.24. The zero-order valence-corrected chi connectivity index (χ0v) is 9.94. The van der Waals surface area contributed by atoms with Crippen molar-refractivity contribution in [2.45, 2.75) is 19.6 Å². The van der Waals surface area contributed by atoms with Gasteiger partial charge in [-0.05, 0) is 9.96 Å². The van der Waals surface area contributed by atoms with Crippen molar-refractivity contribution in [1.29, 1.82) is 0 Å². The van der Waals surface area contributed by atoms with E-state index in [2.05, 4.69) is 33.6 Å². The molecule has 0 spiro atoms. The van der Waals surface area contributed by atoms with Crippen LogP contribution in [0.2, 0.25) is 24.0 Å². The molecule has 0 aliphatic rings. The van der Waals surface area contributed by atoms with E-state index < -0.39 is 8.07 Å². The van der Waals surface area contributed by atoms with Gasteiger partial charge in [-0.2, -0.15) is 0 Å². The maximum atomic E-state index is 6.08. The molecule has 0 amide bonds. The smallest absolute Gasteiger partial charge is 0.139 e. The first kappa shape index (κ1) is 9.36. The van der Waals surface area contributed by atoms with Crippen LogP contribution in [0.15, 0.2) is 6.07 Å². The normalized spacial score (nSPS) is 12.0. The number of halogens is 1. The average molecular weight is 203 g/mol. The molecule has 0 aliphatic carbocycles. The Kier molecular flexibility index (Phi) is 2.52. The van der Waals surface area contributed by atoms with Crippen molar-refractivity contribution in [3.8, 4) is 0 Å². The van der Waals surface area contributed by atoms with Crippen LogP contribution in [-0.2, 0) is 0 Å². The van der Waals surface area contributed by atoms with E-state index in [9.17, 15) is 0 Å². The number of hydrogen-bond donors (Lipinski definition) is 0. The molecule has 1 aromatic heterocycles. The van der Waals surface area contributed by atoms with Gasteiger partial charge in [0.1, 0.15) is 0 Å². The highest BCUT2D eigenvalue weighted by atomic mass is 35.5. The molecule has 0 unspecified atom stereocenters. The van der Waals surface area contributed by atoms with Gasteiger partial charge in [0, 0.05) is 0 Å². The van der Waals surface area contributed by atoms with E-state index in [4.69, 9.17) is 11.6 Å². The van der Waals surface area contributed by atoms with Crippen molar-refractivity contribution in [1.82, 2.24) is 0 Å². The lowest BCUT2D eigenvalue weighted by Crippen LogP contribution is -2.37. The monoisotopic (exact) mass is 202 g/mol. The second-order valence-corrected chi connectivity index (χ2v) is 10.7. The van der Waals surface area contributed by atoms with Crippen LogP contribution in [0, 0.1) is 0 Å². The van der Waals surface area contributed by atoms with Crippen molar-refractivity contribution in [2.75, 3.05) is 0 Å². The zero-order valence-electron chi connectivity index (χ0n) is 7.36. The second kappa shape index (κ2) is 2.96. The van der Waals surface area contributed by atoms with Crippen molar-refractivity contribution in [3.63, 3.8) is 0 Å². The molecule has 1 aromatic rings. The molecular formula is C7H12BClSSi. The molecule has 60 valence electrons. The van der Waals surface area contributed by atoms with Gasteiger partial charge in [0.25, 0.3) is 0 Å². The van der Waals surface area contributed by atoms with Gasteiger partial charge in [-0.25, -0.2) is 0 Å². The molecule has 0 atom stereocenters. The molecule has 0 radical (unpaired) electrons. The molecule has 1 rings (SSSR count). The molecular weight excluding hydrogens is 190 g/mol. The molecule has 0 nitrogen and oxygen atoms in total. The Morgan fingerprint density at radius 2 is 2.00 bits per heavy atom. The maximum absolute atomic E-state index is 6.08. The average Bonchev–Trinajstić information content (AvgIpc) is 2.08. The zero-order chi connectivity index (χ0) is 8.65. The van der Waals surface area contributed by atoms with Crippen LogP contribution in [0.4, 0.5) is 0 Å². The molecule has 0 aliphatic heterocycles. The summed E-state index contributed by atoms with van der Waals surface area (Å²) in [5, 5.41) is 1.40. The van der Waals surface area contributed by atoms with Gasteiger partial charge >= 0.3 is 0 Å². The molecule has 0 N–H and O–H groups in total. The Balaban J connectivity index is 3.13. The van der Waals surface area contributed by atoms with Crippen LogP contribution in [0.1, 0.15) is 0 Å². The van der Waals surface area contributed by atoms with E-state index in [0.717, 1.165) is 4.34 Å². The van der Waals surface area contributed by atoms with Crippen LogP contribution < -0.4 is 9.96 Å². The highest BCUT2D eigenvalue weighted by molar-refractivity contribution is 7.25. The third-order valence-electron chi connectivity index (χ3n) is 1.62. The van der Waals surface area contributed by atoms with E-state index in [1.165, 1.54) is 9.96 Å². The minimum absolute atomic E-state index is 1.00. The van der Waals surface area contributed by atoms with E-state index >= 15 is 0 Å². The molecule has 0 saturated heterocycles. The molecule has 0 saturated carbocycles. The fourth-order valence-corrected chi connectivity index (χ4v) is 5.31. The summed E-state index contributed by atoms with van der Waals surface area (Å²) in [5.41, 5.74) is 0. The van der Waals surface area contributed by atoms with E-state index in [0.29, 0.717) is 0 Å². The minimum Gasteiger partial charge on any atom is -0.139 e. The Hall–Kier alpha value is 0.272. The summed E-state index contributed by atoms with van der Waals surface area (Å²) < 4.78 is 2.33. The summed E-state index contributed by atoms with van der Waals surface area (Å²) in [6.45, 7) is 6.96. The standard InChI is InChI=1S/C7H12BClSSi/c1-11(2,3)5-4-6(8)10-7(5)9/h4H,8H2,1-3H3. The van der Waals surface area contributed by atoms with Gasteiger partial charge in [-0.3, -0.25) is 0 Å². The first-order valence-electron chi connectivity index (χ1n) is 3.67. The van der Waals surface area contributed by atoms with Crippen LogP contribution in [-0.4, -0.2) is 15.9 Å². The van der Waals surface area contributed by atoms with Gasteiger partial charge in [0.2, 0.25) is 0 Å². The summed E-state index contributed by atoms with van der Waals surface area (Å²) in [6.07, 6.45) is 0. The first-order valence-corrected chi connectivity index (χ1v) is 8.37. The van der Waals surface area contributed by atoms with Crippen molar-refractivity contribution in [3.05, 3.63) is 10.4 Å². The van der Waals surface area contributed by atoms with Crippen LogP contribution in [0.5, 0.6) is 0 Å². The van der Waals surface area contributed by atoms with Crippen LogP contribution in [0.3, 0.4) is 0 Å². The van der Waals surface area contributed by atoms with E-state index in [-0.39, 0.29) is 0 Å². The Bertz CT molecular complexity index is 264. The molecule has 1 heterocycles. The third-order valence-corrected chi connectivity index (χ3v) is 5.24. The summed E-state index contributed by atoms with van der Waals surface area (Å²) in [4.78, 5) is 0. The van der Waals surface area contributed by atoms with E-state index in [1.54, 1.807) is 11.3 Å². The second-order valence-electron chi connectivity index (χ2n) is 3.79. The van der Waals surface area contributed by atoms with Crippen LogP contribution >= 0.6 is 22.9 Å². The lowest BCUT2D eigenvalue weighted by Gasteiger charge is -2.14. The van der Waals surface area contributed by atoms with Gasteiger partial charge in [0.15, 0.2) is 7.85 Å². The predicted octanol–water partition coefficient (Wildman–Crippen LogP) is 1.21. The third kappa shape index (κ3) is 2.11. The highest BCUT2D eigenvalue weighted by Gasteiger charge is 2.20. The lowest BCUT2D eigenvalue weighted by atomic mass is 10.1. The van der Waals surface area contributed by atoms with Gasteiger partial charge in [-0.15, -0.1) is 11.3 Å². The quantitative estimate of drug-likeness (QED) is 0.601. The largest absolute Gasteiger partial charge is 0.152 e. The topological polar surface area (TPSA) is 0 Å². The lowest BCUT2D eigenvalue weighted by molar-refractivity contribution is 1.76. The summed E-state index contributed by atoms with van der Waals surface area (Å²) in [5.74, 6) is 0. The highest BCUT2D eigenvalue weighted by Crippen LogP contribution is 2.16. The number of rotatable bonds is 1. The number of thiophene rings is 1. The predicted molar refractivity (Wildman–Crippen MR) is 60.5 cm³/mol. The molecule has 0 aromatic carbocycles. The van der Waals surface area contributed by atoms with E-state index in [1.807, 2.05) is 0 Å². The van der Waals surface area contributed by atoms with Crippen LogP contribution in [0.25, 0.3) is 0 Å². The SMILES string of the molecule is Bc1cc([Si](C)(C)C)c(Cl)s1. The fraction of sp³-hybridized carbons (Fsp3) is 0.429. The maximum Gasteiger partial charge on any atom is 0.152 e. The Morgan fingerprint density at radius 1 is 1.45 bits per heavy atom. The molecule has 11 heavy (non-hydrogen) atoms. The first-order chi connectivity index (χ1) is 4.91. The van der Waals surface area contributed by atoms with Gasteiger partial charge in [-0.1, -0.05) is 37.3 Å². The summed E-state index contributed by atoms with van der Waals surface area (Å²) >= 11 is 7.78. The van der Waals surface area contributed by atoms with Gasteiger partial charge in [0.05, 0.1) is 12.4 Å². The fourth-order valence-electron chi connectivity index (χ4n) is 0.997. The summed E-state index contributed by atoms with van der Waals surface area (Å²) in [7, 11) is 0.933. The number of hydrogen-bond acceptors (Lipinski definition) is 1. The Labute approximate surface area is 79.0 Å². The van der Waals surface area contributed by atoms with Crippen molar-refractivity contribution >= 4 is 48.8 Å². The molecule has 0 bridgehead atoms. The van der Waals surface area contributed by atoms with Crippen molar-refractivity contribution < 1.29 is 0 Å². The Morgan fingerprint density at radius 3 is 2.18 bits per heavy atom.